The summed E-state index contributed by atoms with van der Waals surface area (Å²) in [7, 11) is 0. The smallest absolute Gasteiger partial charge is 0.255 e. The molecule has 0 radical (unpaired) electrons. The number of amides is 1. The quantitative estimate of drug-likeness (QED) is 0.603. The molecule has 160 valence electrons. The van der Waals surface area contributed by atoms with Gasteiger partial charge in [-0.05, 0) is 35.9 Å². The topological polar surface area (TPSA) is 63.7 Å². The lowest BCUT2D eigenvalue weighted by atomic mass is 10.1. The van der Waals surface area contributed by atoms with Gasteiger partial charge in [-0.25, -0.2) is 4.98 Å². The zero-order chi connectivity index (χ0) is 21.5. The van der Waals surface area contributed by atoms with Crippen LogP contribution in [0.15, 0.2) is 66.9 Å². The Morgan fingerprint density at radius 1 is 1.06 bits per heavy atom. The highest BCUT2D eigenvalue weighted by Gasteiger charge is 2.17. The second kappa shape index (κ2) is 10.3. The number of ether oxygens (including phenoxy) is 2. The van der Waals surface area contributed by atoms with Crippen LogP contribution in [-0.2, 0) is 17.9 Å². The molecule has 0 atom stereocenters. The molecule has 2 aromatic carbocycles. The summed E-state index contributed by atoms with van der Waals surface area (Å²) in [5.74, 6) is 1.23. The molecule has 1 aliphatic heterocycles. The van der Waals surface area contributed by atoms with E-state index in [1.165, 1.54) is 0 Å². The van der Waals surface area contributed by atoms with Crippen LogP contribution in [0.1, 0.15) is 21.5 Å². The maximum Gasteiger partial charge on any atom is 0.255 e. The van der Waals surface area contributed by atoms with Gasteiger partial charge in [0, 0.05) is 36.4 Å². The summed E-state index contributed by atoms with van der Waals surface area (Å²) >= 11 is 5.93. The van der Waals surface area contributed by atoms with E-state index in [1.54, 1.807) is 18.3 Å². The first-order valence-corrected chi connectivity index (χ1v) is 10.6. The molecule has 0 spiro atoms. The van der Waals surface area contributed by atoms with Gasteiger partial charge in [-0.2, -0.15) is 0 Å². The molecule has 2 heterocycles. The summed E-state index contributed by atoms with van der Waals surface area (Å²) in [5, 5.41) is 3.68. The van der Waals surface area contributed by atoms with Gasteiger partial charge in [-0.1, -0.05) is 41.9 Å². The van der Waals surface area contributed by atoms with Crippen LogP contribution in [-0.4, -0.2) is 37.2 Å². The lowest BCUT2D eigenvalue weighted by Gasteiger charge is -2.29. The van der Waals surface area contributed by atoms with Crippen LogP contribution in [0.2, 0.25) is 5.02 Å². The molecule has 0 unspecified atom stereocenters. The third-order valence-electron chi connectivity index (χ3n) is 5.06. The second-order valence-corrected chi connectivity index (χ2v) is 7.62. The van der Waals surface area contributed by atoms with Crippen molar-refractivity contribution in [3.05, 3.63) is 88.6 Å². The average Bonchev–Trinajstić information content (AvgIpc) is 2.83. The predicted octanol–water partition coefficient (Wildman–Crippen LogP) is 4.08. The van der Waals surface area contributed by atoms with Gasteiger partial charge in [0.1, 0.15) is 18.2 Å². The van der Waals surface area contributed by atoms with Crippen LogP contribution < -0.4 is 15.0 Å². The number of benzene rings is 2. The summed E-state index contributed by atoms with van der Waals surface area (Å²) < 4.78 is 11.3. The number of nitrogens with one attached hydrogen (secondary N) is 1. The number of carbonyl (C=O) groups excluding carboxylic acids is 1. The van der Waals surface area contributed by atoms with Crippen molar-refractivity contribution >= 4 is 23.3 Å². The van der Waals surface area contributed by atoms with E-state index >= 15 is 0 Å². The maximum absolute atomic E-state index is 12.9. The van der Waals surface area contributed by atoms with Crippen molar-refractivity contribution in [3.8, 4) is 5.75 Å². The molecule has 1 aromatic heterocycles. The fraction of sp³-hybridized carbons (Fsp3) is 0.250. The fourth-order valence-electron chi connectivity index (χ4n) is 3.42. The number of hydrogen-bond acceptors (Lipinski definition) is 5. The normalized spacial score (nSPS) is 13.6. The number of hydrogen-bond donors (Lipinski definition) is 1. The van der Waals surface area contributed by atoms with Gasteiger partial charge in [0.15, 0.2) is 0 Å². The van der Waals surface area contributed by atoms with Crippen LogP contribution in [0, 0.1) is 0 Å². The minimum atomic E-state index is -0.191. The first kappa shape index (κ1) is 21.2. The standard InChI is InChI=1S/C24H24ClN3O3/c25-20-9-7-18(8-10-20)17-31-22-6-2-1-5-21(22)24(29)27-16-19-4-3-11-26-23(19)28-12-14-30-15-13-28/h1-11H,12-17H2,(H,27,29). The number of rotatable bonds is 7. The number of anilines is 1. The zero-order valence-electron chi connectivity index (χ0n) is 17.1. The van der Waals surface area contributed by atoms with E-state index in [0.29, 0.717) is 42.7 Å². The van der Waals surface area contributed by atoms with Crippen LogP contribution in [0.25, 0.3) is 0 Å². The summed E-state index contributed by atoms with van der Waals surface area (Å²) in [6.07, 6.45) is 1.77. The average molecular weight is 438 g/mol. The van der Waals surface area contributed by atoms with E-state index in [2.05, 4.69) is 15.2 Å². The molecule has 1 saturated heterocycles. The van der Waals surface area contributed by atoms with E-state index in [0.717, 1.165) is 30.0 Å². The van der Waals surface area contributed by atoms with Gasteiger partial charge in [-0.15, -0.1) is 0 Å². The number of carbonyl (C=O) groups is 1. The van der Waals surface area contributed by atoms with Crippen molar-refractivity contribution in [1.82, 2.24) is 10.3 Å². The van der Waals surface area contributed by atoms with Crippen LogP contribution in [0.5, 0.6) is 5.75 Å². The molecule has 3 aromatic rings. The van der Waals surface area contributed by atoms with E-state index in [9.17, 15) is 4.79 Å². The van der Waals surface area contributed by atoms with Crippen molar-refractivity contribution in [3.63, 3.8) is 0 Å². The molecule has 4 rings (SSSR count). The Morgan fingerprint density at radius 3 is 2.65 bits per heavy atom. The number of morpholine rings is 1. The molecule has 1 fully saturated rings. The molecule has 1 amide bonds. The van der Waals surface area contributed by atoms with Gasteiger partial charge in [0.05, 0.1) is 18.8 Å². The predicted molar refractivity (Wildman–Crippen MR) is 121 cm³/mol. The van der Waals surface area contributed by atoms with Crippen molar-refractivity contribution in [2.45, 2.75) is 13.2 Å². The van der Waals surface area contributed by atoms with E-state index in [1.807, 2.05) is 48.5 Å². The molecule has 1 aliphatic rings. The molecular weight excluding hydrogens is 414 g/mol. The number of aromatic nitrogens is 1. The van der Waals surface area contributed by atoms with Gasteiger partial charge >= 0.3 is 0 Å². The SMILES string of the molecule is O=C(NCc1cccnc1N1CCOCC1)c1ccccc1OCc1ccc(Cl)cc1. The molecule has 31 heavy (non-hydrogen) atoms. The largest absolute Gasteiger partial charge is 0.488 e. The Kier molecular flexibility index (Phi) is 7.02. The Bertz CT molecular complexity index is 1020. The van der Waals surface area contributed by atoms with Crippen molar-refractivity contribution in [2.75, 3.05) is 31.2 Å². The number of nitrogens with zero attached hydrogens (tertiary/aromatic N) is 2. The molecule has 0 bridgehead atoms. The molecule has 1 N–H and O–H groups in total. The summed E-state index contributed by atoms with van der Waals surface area (Å²) in [6, 6.07) is 18.6. The molecule has 0 saturated carbocycles. The van der Waals surface area contributed by atoms with Crippen molar-refractivity contribution in [1.29, 1.82) is 0 Å². The minimum Gasteiger partial charge on any atom is -0.488 e. The first-order valence-electron chi connectivity index (χ1n) is 10.2. The first-order chi connectivity index (χ1) is 15.2. The van der Waals surface area contributed by atoms with Crippen molar-refractivity contribution in [2.24, 2.45) is 0 Å². The second-order valence-electron chi connectivity index (χ2n) is 7.18. The van der Waals surface area contributed by atoms with Gasteiger partial charge in [-0.3, -0.25) is 4.79 Å². The maximum atomic E-state index is 12.9. The highest BCUT2D eigenvalue weighted by molar-refractivity contribution is 6.30. The Hall–Kier alpha value is -3.09. The Balaban J connectivity index is 1.42. The van der Waals surface area contributed by atoms with Gasteiger partial charge in [0.2, 0.25) is 0 Å². The number of para-hydroxylation sites is 1. The van der Waals surface area contributed by atoms with Gasteiger partial charge in [0.25, 0.3) is 5.91 Å². The minimum absolute atomic E-state index is 0.191. The number of pyridine rings is 1. The monoisotopic (exact) mass is 437 g/mol. The summed E-state index contributed by atoms with van der Waals surface area (Å²) in [5.41, 5.74) is 2.44. The van der Waals surface area contributed by atoms with E-state index < -0.39 is 0 Å². The number of halogens is 1. The lowest BCUT2D eigenvalue weighted by molar-refractivity contribution is 0.0946. The summed E-state index contributed by atoms with van der Waals surface area (Å²) in [4.78, 5) is 19.6. The molecule has 6 nitrogen and oxygen atoms in total. The van der Waals surface area contributed by atoms with Crippen LogP contribution in [0.4, 0.5) is 5.82 Å². The highest BCUT2D eigenvalue weighted by Crippen LogP contribution is 2.22. The van der Waals surface area contributed by atoms with Crippen molar-refractivity contribution < 1.29 is 14.3 Å². The lowest BCUT2D eigenvalue weighted by Crippen LogP contribution is -2.37. The zero-order valence-corrected chi connectivity index (χ0v) is 17.8. The van der Waals surface area contributed by atoms with E-state index in [-0.39, 0.29) is 5.91 Å². The van der Waals surface area contributed by atoms with Crippen LogP contribution in [0.3, 0.4) is 0 Å². The van der Waals surface area contributed by atoms with Crippen LogP contribution >= 0.6 is 11.6 Å². The van der Waals surface area contributed by atoms with E-state index in [4.69, 9.17) is 21.1 Å². The van der Waals surface area contributed by atoms with Gasteiger partial charge < -0.3 is 19.7 Å². The summed E-state index contributed by atoms with van der Waals surface area (Å²) in [6.45, 7) is 3.68. The highest BCUT2D eigenvalue weighted by atomic mass is 35.5. The Morgan fingerprint density at radius 2 is 1.84 bits per heavy atom. The third kappa shape index (κ3) is 5.54. The molecule has 7 heteroatoms. The fourth-order valence-corrected chi connectivity index (χ4v) is 3.55. The third-order valence-corrected chi connectivity index (χ3v) is 5.31. The Labute approximate surface area is 186 Å². The molecule has 0 aliphatic carbocycles. The molecular formula is C24H24ClN3O3.